The number of benzene rings is 4. The number of para-hydroxylation sites is 1. The van der Waals surface area contributed by atoms with Crippen molar-refractivity contribution < 1.29 is 14.4 Å². The first-order valence-electron chi connectivity index (χ1n) is 12.1. The number of nitro groups is 1. The fourth-order valence-corrected chi connectivity index (χ4v) is 5.28. The fourth-order valence-electron chi connectivity index (χ4n) is 4.17. The van der Waals surface area contributed by atoms with Crippen LogP contribution in [-0.4, -0.2) is 25.9 Å². The van der Waals surface area contributed by atoms with Crippen LogP contribution in [0.15, 0.2) is 107 Å². The Morgan fingerprint density at radius 3 is 2.27 bits per heavy atom. The van der Waals surface area contributed by atoms with Crippen molar-refractivity contribution in [1.29, 1.82) is 0 Å². The molecule has 40 heavy (non-hydrogen) atoms. The predicted octanol–water partition coefficient (Wildman–Crippen LogP) is 6.34. The maximum absolute atomic E-state index is 13.4. The Bertz CT molecular complexity index is 1880. The van der Waals surface area contributed by atoms with Crippen molar-refractivity contribution in [3.05, 3.63) is 119 Å². The van der Waals surface area contributed by atoms with Gasteiger partial charge in [-0.25, -0.2) is 14.8 Å². The highest BCUT2D eigenvalue weighted by Crippen LogP contribution is 2.29. The zero-order chi connectivity index (χ0) is 27.6. The van der Waals surface area contributed by atoms with Gasteiger partial charge in [0.25, 0.3) is 5.69 Å². The van der Waals surface area contributed by atoms with Crippen LogP contribution < -0.4 is 10.00 Å². The minimum Gasteiger partial charge on any atom is -0.340 e. The van der Waals surface area contributed by atoms with Crippen LogP contribution in [0.5, 0.6) is 0 Å². The summed E-state index contributed by atoms with van der Waals surface area (Å²) in [5.41, 5.74) is 3.47. The van der Waals surface area contributed by atoms with E-state index >= 15 is 0 Å². The summed E-state index contributed by atoms with van der Waals surface area (Å²) in [6.07, 6.45) is 0. The minimum absolute atomic E-state index is 0.0346. The van der Waals surface area contributed by atoms with E-state index in [2.05, 4.69) is 23.0 Å². The van der Waals surface area contributed by atoms with Crippen molar-refractivity contribution in [2.75, 3.05) is 5.32 Å². The van der Waals surface area contributed by atoms with Crippen LogP contribution in [0.4, 0.5) is 17.2 Å². The molecule has 9 nitrogen and oxygen atoms in total. The fraction of sp³-hybridized carbons (Fsp3) is 0. The number of nitrogens with zero attached hydrogens (tertiary/aromatic N) is 5. The van der Waals surface area contributed by atoms with E-state index in [-0.39, 0.29) is 11.6 Å². The van der Waals surface area contributed by atoms with E-state index in [1.807, 2.05) is 54.6 Å². The highest BCUT2D eigenvalue weighted by molar-refractivity contribution is 7.82. The molecule has 11 heteroatoms. The van der Waals surface area contributed by atoms with Crippen LogP contribution >= 0.6 is 24.0 Å². The Balaban J connectivity index is 1.29. The summed E-state index contributed by atoms with van der Waals surface area (Å²) in [7, 11) is 0. The number of nitro benzene ring substituents is 1. The van der Waals surface area contributed by atoms with Gasteiger partial charge in [-0.3, -0.25) is 10.1 Å². The molecule has 0 bridgehead atoms. The maximum atomic E-state index is 13.4. The lowest BCUT2D eigenvalue weighted by molar-refractivity contribution is -0.621. The van der Waals surface area contributed by atoms with Crippen molar-refractivity contribution in [3.63, 3.8) is 0 Å². The van der Waals surface area contributed by atoms with Crippen LogP contribution in [-0.2, 0) is 0 Å². The van der Waals surface area contributed by atoms with E-state index in [0.29, 0.717) is 32.1 Å². The molecule has 194 valence electrons. The first-order chi connectivity index (χ1) is 19.5. The summed E-state index contributed by atoms with van der Waals surface area (Å²) in [4.78, 5) is 33.4. The van der Waals surface area contributed by atoms with Gasteiger partial charge in [0.1, 0.15) is 5.82 Å². The molecule has 4 aromatic carbocycles. The van der Waals surface area contributed by atoms with E-state index in [9.17, 15) is 14.9 Å². The molecular weight excluding hydrogens is 544 g/mol. The summed E-state index contributed by atoms with van der Waals surface area (Å²) in [6.45, 7) is 0. The number of aromatic nitrogens is 4. The smallest absolute Gasteiger partial charge is 0.340 e. The second-order valence-electron chi connectivity index (χ2n) is 8.69. The lowest BCUT2D eigenvalue weighted by Gasteiger charge is -2.11. The molecule has 2 heterocycles. The van der Waals surface area contributed by atoms with Crippen LogP contribution in [0.1, 0.15) is 10.4 Å². The van der Waals surface area contributed by atoms with E-state index in [4.69, 9.17) is 9.97 Å². The van der Waals surface area contributed by atoms with Crippen molar-refractivity contribution in [1.82, 2.24) is 15.1 Å². The van der Waals surface area contributed by atoms with Gasteiger partial charge in [-0.2, -0.15) is 0 Å². The molecule has 1 N–H and O–H groups in total. The van der Waals surface area contributed by atoms with Crippen molar-refractivity contribution in [3.8, 4) is 22.0 Å². The van der Waals surface area contributed by atoms with Gasteiger partial charge in [0.05, 0.1) is 21.6 Å². The third-order valence-corrected chi connectivity index (χ3v) is 7.34. The number of anilines is 2. The Hall–Kier alpha value is -5.00. The zero-order valence-corrected chi connectivity index (χ0v) is 22.3. The molecule has 0 aliphatic carbocycles. The molecular formula is C29H19N6O3S2+. The first-order valence-corrected chi connectivity index (χ1v) is 13.3. The predicted molar refractivity (Wildman–Crippen MR) is 156 cm³/mol. The van der Waals surface area contributed by atoms with Gasteiger partial charge >= 0.3 is 10.9 Å². The third-order valence-electron chi connectivity index (χ3n) is 6.11. The number of fused-ring (bicyclic) bond motifs is 1. The molecule has 0 amide bonds. The van der Waals surface area contributed by atoms with Crippen molar-refractivity contribution >= 4 is 58.0 Å². The molecule has 2 aromatic heterocycles. The highest BCUT2D eigenvalue weighted by atomic mass is 32.2. The van der Waals surface area contributed by atoms with Crippen LogP contribution in [0, 0.1) is 10.1 Å². The maximum Gasteiger partial charge on any atom is 0.450 e. The topological polar surface area (TPSA) is 115 Å². The largest absolute Gasteiger partial charge is 0.450 e. The Labute approximate surface area is 237 Å². The van der Waals surface area contributed by atoms with Gasteiger partial charge in [0, 0.05) is 38.6 Å². The molecule has 6 aromatic rings. The van der Waals surface area contributed by atoms with Crippen LogP contribution in [0.3, 0.4) is 0 Å². The van der Waals surface area contributed by atoms with Gasteiger partial charge < -0.3 is 5.32 Å². The highest BCUT2D eigenvalue weighted by Gasteiger charge is 2.30. The SMILES string of the molecule is O=C(c1ccc(Nc2nc(-c3ccccc3)nc3ccccc23)cc1)[n+]1nc(S)sc1-c1ccc([N+](=O)[O-])cc1. The summed E-state index contributed by atoms with van der Waals surface area (Å²) in [5.74, 6) is 0.905. The van der Waals surface area contributed by atoms with Gasteiger partial charge in [-0.15, -0.1) is 12.6 Å². The molecule has 0 spiro atoms. The lowest BCUT2D eigenvalue weighted by Crippen LogP contribution is -2.46. The summed E-state index contributed by atoms with van der Waals surface area (Å²) >= 11 is 5.53. The lowest BCUT2D eigenvalue weighted by atomic mass is 10.1. The molecule has 0 aliphatic rings. The van der Waals surface area contributed by atoms with Gasteiger partial charge in [0.15, 0.2) is 5.82 Å². The van der Waals surface area contributed by atoms with Gasteiger partial charge in [-0.1, -0.05) is 42.5 Å². The zero-order valence-electron chi connectivity index (χ0n) is 20.6. The van der Waals surface area contributed by atoms with Crippen LogP contribution in [0.25, 0.3) is 32.9 Å². The van der Waals surface area contributed by atoms with Crippen LogP contribution in [0.2, 0.25) is 0 Å². The molecule has 0 unspecified atom stereocenters. The number of hydrogen-bond donors (Lipinski definition) is 2. The first kappa shape index (κ1) is 25.3. The summed E-state index contributed by atoms with van der Waals surface area (Å²) in [6, 6.07) is 30.5. The number of hydrogen-bond acceptors (Lipinski definition) is 9. The molecule has 0 saturated carbocycles. The second kappa shape index (κ2) is 10.6. The number of thiol groups is 1. The van der Waals surface area contributed by atoms with Crippen molar-refractivity contribution in [2.24, 2.45) is 0 Å². The number of carbonyl (C=O) groups excluding carboxylic acids is 1. The normalized spacial score (nSPS) is 10.9. The Morgan fingerprint density at radius 2 is 1.55 bits per heavy atom. The second-order valence-corrected chi connectivity index (χ2v) is 10.4. The van der Waals surface area contributed by atoms with Crippen molar-refractivity contribution in [2.45, 2.75) is 4.34 Å². The van der Waals surface area contributed by atoms with Gasteiger partial charge in [0.2, 0.25) is 4.34 Å². The Kier molecular flexibility index (Phi) is 6.72. The molecule has 0 aliphatic heterocycles. The average Bonchev–Trinajstić information content (AvgIpc) is 3.39. The summed E-state index contributed by atoms with van der Waals surface area (Å²) < 4.78 is 1.66. The standard InChI is InChI=1S/C29H18N6O3S2/c36-27(34-28(40-29(39)33-34)20-12-16-22(17-13-20)35(37)38)19-10-14-21(15-11-19)30-26-23-8-4-5-9-24(23)31-25(32-26)18-6-2-1-3-7-18/h1-17H,(H-,30,31,32,33,36,39)/p+1. The molecule has 0 atom stereocenters. The third kappa shape index (κ3) is 5.03. The molecule has 0 saturated heterocycles. The monoisotopic (exact) mass is 563 g/mol. The molecule has 0 radical (unpaired) electrons. The number of non-ortho nitro benzene ring substituents is 1. The quantitative estimate of drug-likeness (QED) is 0.105. The van der Waals surface area contributed by atoms with E-state index < -0.39 is 4.92 Å². The minimum atomic E-state index is -0.470. The van der Waals surface area contributed by atoms with E-state index in [0.717, 1.165) is 22.2 Å². The Morgan fingerprint density at radius 1 is 0.850 bits per heavy atom. The molecule has 0 fully saturated rings. The van der Waals surface area contributed by atoms with Gasteiger partial charge in [-0.05, 0) is 59.9 Å². The molecule has 6 rings (SSSR count). The number of carbonyl (C=O) groups is 1. The number of nitrogens with one attached hydrogen (secondary N) is 1. The van der Waals surface area contributed by atoms with E-state index in [1.54, 1.807) is 36.4 Å². The average molecular weight is 564 g/mol. The van der Waals surface area contributed by atoms with E-state index in [1.165, 1.54) is 28.2 Å². The summed E-state index contributed by atoms with van der Waals surface area (Å²) in [5, 5.41) is 20.0. The number of rotatable bonds is 6.